The molecule has 20 aromatic rings. The summed E-state index contributed by atoms with van der Waals surface area (Å²) >= 11 is 0. The van der Waals surface area contributed by atoms with Crippen molar-refractivity contribution in [3.63, 3.8) is 0 Å². The minimum atomic E-state index is -6.09. The van der Waals surface area contributed by atoms with E-state index in [1.54, 1.807) is 0 Å². The van der Waals surface area contributed by atoms with Crippen molar-refractivity contribution in [3.8, 4) is 124 Å². The summed E-state index contributed by atoms with van der Waals surface area (Å²) in [5.41, 5.74) is 36.4. The van der Waals surface area contributed by atoms with Crippen LogP contribution in [0.1, 0.15) is 146 Å². The van der Waals surface area contributed by atoms with Gasteiger partial charge in [-0.3, -0.25) is 9.55 Å². The summed E-state index contributed by atoms with van der Waals surface area (Å²) in [6.07, 6.45) is 7.70. The molecule has 0 fully saturated rings. The first-order valence-electron chi connectivity index (χ1n) is 48.5. The SMILES string of the molecule is CC(C)c1cccc(C(C)C)c1-n1c(-c2[c-]cccc2)nc2ccccc21.CC(C)c1cccc(C(C)C)c1-n1c(-c2ccccc2)nc2ccccc21.CO.CO.Cc1cnc(-c2[c-]ccc(-c3ccccc3)c2)cc1C.Cc1cnc(-c2[c-]ccc(-c3ccccc3)c2)cc1C.Cc1cnc(-c2[c-]ccc(-c3ccccc3)c2)cc1C.Cc1cnc(-c2[c-]ccc(-c3ccccc3)c2)cc1C.O=S(=O)([O-])C(F)(F)F.[Ir+3].[Ir+3]. The molecule has 148 heavy (non-hydrogen) atoms. The van der Waals surface area contributed by atoms with Crippen LogP contribution >= 0.6 is 0 Å². The predicted molar refractivity (Wildman–Crippen MR) is 594 cm³/mol. The van der Waals surface area contributed by atoms with Crippen molar-refractivity contribution in [1.82, 2.24) is 39.0 Å². The van der Waals surface area contributed by atoms with Crippen LogP contribution < -0.4 is 0 Å². The van der Waals surface area contributed by atoms with Gasteiger partial charge in [0.05, 0.1) is 33.6 Å². The molecule has 0 unspecified atom stereocenters. The van der Waals surface area contributed by atoms with E-state index in [1.165, 1.54) is 123 Å². The number of aromatic nitrogens is 8. The van der Waals surface area contributed by atoms with Crippen molar-refractivity contribution in [2.75, 3.05) is 14.2 Å². The van der Waals surface area contributed by atoms with Crippen LogP contribution in [0, 0.1) is 85.7 Å². The van der Waals surface area contributed by atoms with Crippen molar-refractivity contribution in [2.45, 2.75) is 140 Å². The maximum Gasteiger partial charge on any atom is 3.00 e. The number of halogens is 3. The fraction of sp³-hybridized carbons (Fsp3) is 0.178. The van der Waals surface area contributed by atoms with Crippen LogP contribution in [0.25, 0.3) is 146 Å². The zero-order chi connectivity index (χ0) is 105. The first-order chi connectivity index (χ1) is 70.3. The predicted octanol–water partition coefficient (Wildman–Crippen LogP) is 32.3. The summed E-state index contributed by atoms with van der Waals surface area (Å²) in [6, 6.07) is 140. The number of benzene rings is 14. The molecule has 0 aliphatic carbocycles. The van der Waals surface area contributed by atoms with Gasteiger partial charge < -0.3 is 39.3 Å². The molecular formula is C129H123F3Ir2N8O5S. The number of aryl methyl sites for hydroxylation is 8. The molecule has 14 aromatic carbocycles. The van der Waals surface area contributed by atoms with Crippen molar-refractivity contribution in [2.24, 2.45) is 0 Å². The number of hydrogen-bond acceptors (Lipinski definition) is 11. The third kappa shape index (κ3) is 30.2. The number of pyridine rings is 4. The van der Waals surface area contributed by atoms with E-state index in [0.717, 1.165) is 104 Å². The van der Waals surface area contributed by atoms with Gasteiger partial charge in [-0.15, -0.1) is 177 Å². The van der Waals surface area contributed by atoms with Gasteiger partial charge in [-0.2, -0.15) is 13.2 Å². The summed E-state index contributed by atoms with van der Waals surface area (Å²) in [4.78, 5) is 28.1. The second-order valence-corrected chi connectivity index (χ2v) is 37.7. The summed E-state index contributed by atoms with van der Waals surface area (Å²) < 4.78 is 63.6. The van der Waals surface area contributed by atoms with Gasteiger partial charge in [0, 0.05) is 50.3 Å². The van der Waals surface area contributed by atoms with Crippen molar-refractivity contribution in [3.05, 3.63) is 480 Å². The van der Waals surface area contributed by atoms with Gasteiger partial charge in [-0.25, -0.2) is 13.4 Å². The number of hydrogen-bond donors (Lipinski definition) is 2. The minimum Gasteiger partial charge on any atom is -0.741 e. The van der Waals surface area contributed by atoms with E-state index in [0.29, 0.717) is 23.7 Å². The van der Waals surface area contributed by atoms with E-state index in [2.05, 4.69) is 461 Å². The van der Waals surface area contributed by atoms with E-state index in [-0.39, 0.29) is 40.2 Å². The van der Waals surface area contributed by atoms with E-state index in [9.17, 15) is 13.2 Å². The van der Waals surface area contributed by atoms with Crippen LogP contribution in [0.2, 0.25) is 0 Å². The van der Waals surface area contributed by atoms with Gasteiger partial charge in [0.2, 0.25) is 0 Å². The minimum absolute atomic E-state index is 0. The standard InChI is InChI=1S/C25H26N2.C25H25N2.4C19H16N.CHF3O3S.2CH4O.2Ir/c2*1-17(2)20-13-10-14-21(18(3)4)24(20)27-23-16-9-8-15-22(23)26-25(27)19-11-6-5-7-12-19;4*1-14-11-19(20-13-15(14)2)18-10-6-9-17(12-18)16-7-4-3-5-8-16;2-1(3,4)8(5,6)7;2*1-2;;/h5-18H,1-4H3;5-11,13-18H,1-4H3;4*3-9,11-13H,1-2H3;(H,5,6,7);2*2H,1H3;;/q;5*-1;;;;2*+3/p-1. The second kappa shape index (κ2) is 55.4. The topological polar surface area (TPSA) is 185 Å². The number of alkyl halides is 3. The fourth-order valence-electron chi connectivity index (χ4n) is 16.3. The van der Waals surface area contributed by atoms with Crippen LogP contribution in [-0.4, -0.2) is 81.9 Å². The molecule has 6 aromatic heterocycles. The largest absolute Gasteiger partial charge is 3.00 e. The Balaban J connectivity index is 0.000000178. The number of aliphatic hydroxyl groups excluding tert-OH is 2. The Labute approximate surface area is 898 Å². The molecule has 19 heteroatoms. The number of para-hydroxylation sites is 6. The average molecular weight is 2340 g/mol. The molecule has 20 rings (SSSR count). The molecule has 0 saturated heterocycles. The molecule has 754 valence electrons. The number of nitrogens with zero attached hydrogens (tertiary/aromatic N) is 8. The number of rotatable bonds is 16. The fourth-order valence-corrected chi connectivity index (χ4v) is 16.3. The van der Waals surface area contributed by atoms with E-state index in [4.69, 9.17) is 33.2 Å². The Hall–Kier alpha value is -14.5. The van der Waals surface area contributed by atoms with E-state index in [1.807, 2.05) is 91.5 Å². The summed E-state index contributed by atoms with van der Waals surface area (Å²) in [5.74, 6) is 3.67. The molecule has 0 bridgehead atoms. The van der Waals surface area contributed by atoms with Crippen molar-refractivity contribution >= 4 is 32.2 Å². The van der Waals surface area contributed by atoms with Crippen LogP contribution in [0.5, 0.6) is 0 Å². The summed E-state index contributed by atoms with van der Waals surface area (Å²) in [5, 5.41) is 14.0. The van der Waals surface area contributed by atoms with E-state index < -0.39 is 15.6 Å². The Morgan fingerprint density at radius 2 is 0.514 bits per heavy atom. The summed E-state index contributed by atoms with van der Waals surface area (Å²) in [7, 11) is -4.09. The van der Waals surface area contributed by atoms with Crippen molar-refractivity contribution in [1.29, 1.82) is 0 Å². The molecule has 2 N–H and O–H groups in total. The Kier molecular flexibility index (Phi) is 43.2. The molecule has 0 saturated carbocycles. The maximum atomic E-state index is 10.7. The Morgan fingerprint density at radius 3 is 0.764 bits per heavy atom. The van der Waals surface area contributed by atoms with Gasteiger partial charge >= 0.3 is 45.7 Å². The molecule has 0 spiro atoms. The Bertz CT molecular complexity index is 7030. The summed E-state index contributed by atoms with van der Waals surface area (Å²) in [6.45, 7) is 34.9. The second-order valence-electron chi connectivity index (χ2n) is 36.3. The molecular weight excluding hydrogens is 2210 g/mol. The monoisotopic (exact) mass is 2340 g/mol. The average Bonchev–Trinajstić information content (AvgIpc) is 1.59. The number of imidazole rings is 2. The zero-order valence-electron chi connectivity index (χ0n) is 86.6. The first kappa shape index (κ1) is 115. The molecule has 0 atom stereocenters. The van der Waals surface area contributed by atoms with Gasteiger partial charge in [0.25, 0.3) is 0 Å². The maximum absolute atomic E-state index is 10.7. The molecule has 6 heterocycles. The molecule has 0 aliphatic rings. The molecule has 0 amide bonds. The Morgan fingerprint density at radius 1 is 0.277 bits per heavy atom. The number of fused-ring (bicyclic) bond motifs is 2. The van der Waals surface area contributed by atoms with Crippen LogP contribution in [0.15, 0.2) is 383 Å². The van der Waals surface area contributed by atoms with Crippen LogP contribution in [0.3, 0.4) is 0 Å². The third-order valence-electron chi connectivity index (χ3n) is 24.7. The molecule has 0 aliphatic heterocycles. The van der Waals surface area contributed by atoms with Gasteiger partial charge in [-0.05, 0) is 193 Å². The van der Waals surface area contributed by atoms with E-state index >= 15 is 0 Å². The smallest absolute Gasteiger partial charge is 0.741 e. The van der Waals surface area contributed by atoms with Crippen LogP contribution in [-0.2, 0) is 50.3 Å². The van der Waals surface area contributed by atoms with Crippen LogP contribution in [0.4, 0.5) is 13.2 Å². The normalized spacial score (nSPS) is 10.8. The van der Waals surface area contributed by atoms with Gasteiger partial charge in [-0.1, -0.05) is 314 Å². The molecule has 0 radical (unpaired) electrons. The first-order valence-corrected chi connectivity index (χ1v) is 50.0. The zero-order valence-corrected chi connectivity index (χ0v) is 92.2. The molecule has 13 nitrogen and oxygen atoms in total. The quantitative estimate of drug-likeness (QED) is 0.0533. The number of aliphatic hydroxyl groups is 2. The van der Waals surface area contributed by atoms with Gasteiger partial charge in [0.1, 0.15) is 5.82 Å². The third-order valence-corrected chi connectivity index (χ3v) is 25.3. The van der Waals surface area contributed by atoms with Crippen molar-refractivity contribution < 1.29 is 76.6 Å². The van der Waals surface area contributed by atoms with Gasteiger partial charge in [0.15, 0.2) is 10.1 Å².